The maximum atomic E-state index is 13.3. The van der Waals surface area contributed by atoms with Crippen LogP contribution in [0.3, 0.4) is 0 Å². The Hall–Kier alpha value is -3.44. The lowest BCUT2D eigenvalue weighted by Crippen LogP contribution is -2.43. The smallest absolute Gasteiger partial charge is 0.396 e. The average Bonchev–Trinajstić information content (AvgIpc) is 3.74. The second kappa shape index (κ2) is 11.1. The number of aliphatic hydroxyl groups excluding tert-OH is 1. The highest BCUT2D eigenvalue weighted by molar-refractivity contribution is 7.84. The number of nitrogens with zero attached hydrogens (tertiary/aromatic N) is 7. The van der Waals surface area contributed by atoms with Crippen molar-refractivity contribution in [1.82, 2.24) is 43.8 Å². The van der Waals surface area contributed by atoms with Gasteiger partial charge in [0.1, 0.15) is 36.1 Å². The van der Waals surface area contributed by atoms with Crippen molar-refractivity contribution in [2.45, 2.75) is 50.2 Å². The fourth-order valence-electron chi connectivity index (χ4n) is 5.73. The highest BCUT2D eigenvalue weighted by atomic mass is 32.2. The van der Waals surface area contributed by atoms with Crippen LogP contribution in [0.25, 0.3) is 22.3 Å². The van der Waals surface area contributed by atoms with Gasteiger partial charge in [0.2, 0.25) is 0 Å². The number of aromatic amines is 1. The van der Waals surface area contributed by atoms with Gasteiger partial charge < -0.3 is 30.2 Å². The molecule has 21 nitrogen and oxygen atoms in total. The minimum Gasteiger partial charge on any atom is -0.396 e. The standard InChI is InChI=1S/C22H27N10O11PS/c1-9-28-20-16(21(34)29-9)27-8-32(20)22-17-10(3-33)12(42-22)5-40-45(37,38)30-11-2-14(41-13(11)4-39-44(35,36)43-17)31-7-26-15-18(23)24-6-25-19(15)31/h6-8,10-14,17,22,30,33H,2-5H2,1H3,(H,35,36)(H2,23,24,25)(H,28,29,34). The first-order valence-electron chi connectivity index (χ1n) is 13.5. The Morgan fingerprint density at radius 3 is 2.67 bits per heavy atom. The maximum Gasteiger partial charge on any atom is 0.472 e. The molecule has 3 saturated heterocycles. The number of aliphatic hydroxyl groups is 1. The molecule has 0 saturated carbocycles. The molecular formula is C22H27N10O11PS. The zero-order valence-corrected chi connectivity index (χ0v) is 24.9. The second-order valence-electron chi connectivity index (χ2n) is 10.6. The summed E-state index contributed by atoms with van der Waals surface area (Å²) in [6.45, 7) is -0.332. The highest BCUT2D eigenvalue weighted by Crippen LogP contribution is 2.51. The third kappa shape index (κ3) is 5.52. The number of aryl methyl sites for hydroxylation is 1. The number of phosphoric acid groups is 1. The third-order valence-corrected chi connectivity index (χ3v) is 9.83. The largest absolute Gasteiger partial charge is 0.472 e. The molecule has 0 amide bonds. The fourth-order valence-corrected chi connectivity index (χ4v) is 7.69. The molecule has 7 rings (SSSR count). The summed E-state index contributed by atoms with van der Waals surface area (Å²) in [5, 5.41) is 10.3. The van der Waals surface area contributed by atoms with Gasteiger partial charge in [-0.3, -0.25) is 27.2 Å². The van der Waals surface area contributed by atoms with E-state index >= 15 is 0 Å². The van der Waals surface area contributed by atoms with E-state index in [1.54, 1.807) is 6.92 Å². The summed E-state index contributed by atoms with van der Waals surface area (Å²) in [5.74, 6) is -0.699. The van der Waals surface area contributed by atoms with Crippen LogP contribution in [-0.2, 0) is 37.6 Å². The van der Waals surface area contributed by atoms with Crippen molar-refractivity contribution >= 4 is 46.3 Å². The molecule has 0 spiro atoms. The lowest BCUT2D eigenvalue weighted by Gasteiger charge is -2.26. The topological polar surface area (TPSA) is 283 Å². The van der Waals surface area contributed by atoms with Gasteiger partial charge in [-0.1, -0.05) is 0 Å². The number of phosphoric ester groups is 1. The molecule has 2 bridgehead atoms. The molecule has 8 unspecified atom stereocenters. The molecule has 3 aliphatic rings. The number of imidazole rings is 2. The van der Waals surface area contributed by atoms with Gasteiger partial charge in [0.25, 0.3) is 5.56 Å². The van der Waals surface area contributed by atoms with Crippen LogP contribution < -0.4 is 16.0 Å². The van der Waals surface area contributed by atoms with Gasteiger partial charge in [-0.2, -0.15) is 13.1 Å². The summed E-state index contributed by atoms with van der Waals surface area (Å²) in [6, 6.07) is -0.999. The minimum atomic E-state index is -4.94. The number of rotatable bonds is 3. The van der Waals surface area contributed by atoms with Crippen molar-refractivity contribution in [3.8, 4) is 0 Å². The van der Waals surface area contributed by atoms with E-state index in [-0.39, 0.29) is 29.2 Å². The molecule has 3 fully saturated rings. The van der Waals surface area contributed by atoms with Crippen molar-refractivity contribution in [1.29, 1.82) is 0 Å². The van der Waals surface area contributed by atoms with E-state index in [1.807, 2.05) is 0 Å². The summed E-state index contributed by atoms with van der Waals surface area (Å²) in [4.78, 5) is 46.4. The van der Waals surface area contributed by atoms with E-state index in [1.165, 1.54) is 28.1 Å². The molecule has 3 aliphatic heterocycles. The number of anilines is 1. The van der Waals surface area contributed by atoms with Gasteiger partial charge in [-0.15, -0.1) is 0 Å². The zero-order chi connectivity index (χ0) is 31.7. The normalized spacial score (nSPS) is 33.9. The number of aromatic nitrogens is 8. The summed E-state index contributed by atoms with van der Waals surface area (Å²) < 4.78 is 73.0. The third-order valence-electron chi connectivity index (χ3n) is 7.80. The lowest BCUT2D eigenvalue weighted by atomic mass is 9.99. The Bertz CT molecular complexity index is 1980. The molecule has 45 heavy (non-hydrogen) atoms. The molecule has 7 heterocycles. The monoisotopic (exact) mass is 670 g/mol. The molecule has 23 heteroatoms. The van der Waals surface area contributed by atoms with Gasteiger partial charge >= 0.3 is 18.1 Å². The number of hydrogen-bond donors (Lipinski definition) is 5. The predicted molar refractivity (Wildman–Crippen MR) is 148 cm³/mol. The van der Waals surface area contributed by atoms with Crippen molar-refractivity contribution < 1.29 is 45.7 Å². The number of ether oxygens (including phenoxy) is 2. The predicted octanol–water partition coefficient (Wildman–Crippen LogP) is -1.62. The van der Waals surface area contributed by atoms with Crippen LogP contribution in [-0.4, -0.2) is 102 Å². The molecule has 6 N–H and O–H groups in total. The Labute approximate surface area is 252 Å². The first kappa shape index (κ1) is 30.2. The number of nitrogens with one attached hydrogen (secondary N) is 2. The van der Waals surface area contributed by atoms with Gasteiger partial charge in [0.05, 0.1) is 44.6 Å². The Kier molecular flexibility index (Phi) is 7.47. The van der Waals surface area contributed by atoms with E-state index < -0.39 is 86.2 Å². The van der Waals surface area contributed by atoms with Crippen molar-refractivity contribution in [3.63, 3.8) is 0 Å². The lowest BCUT2D eigenvalue weighted by molar-refractivity contribution is -0.0533. The summed E-state index contributed by atoms with van der Waals surface area (Å²) >= 11 is 0. The van der Waals surface area contributed by atoms with Crippen LogP contribution in [0.5, 0.6) is 0 Å². The summed E-state index contributed by atoms with van der Waals surface area (Å²) in [6.07, 6.45) is -1.96. The van der Waals surface area contributed by atoms with Gasteiger partial charge in [0, 0.05) is 12.3 Å². The molecule has 4 aromatic heterocycles. The van der Waals surface area contributed by atoms with E-state index in [2.05, 4.69) is 34.6 Å². The van der Waals surface area contributed by atoms with Crippen molar-refractivity contribution in [3.05, 3.63) is 35.2 Å². The quantitative estimate of drug-likeness (QED) is 0.153. The molecule has 4 aromatic rings. The number of nitrogen functional groups attached to an aromatic ring is 1. The van der Waals surface area contributed by atoms with E-state index in [0.717, 1.165) is 0 Å². The summed E-state index contributed by atoms with van der Waals surface area (Å²) in [5.41, 5.74) is 5.98. The van der Waals surface area contributed by atoms with Gasteiger partial charge in [-0.25, -0.2) is 29.5 Å². The minimum absolute atomic E-state index is 0.0196. The zero-order valence-electron chi connectivity index (χ0n) is 23.2. The van der Waals surface area contributed by atoms with Crippen LogP contribution in [0.15, 0.2) is 23.8 Å². The van der Waals surface area contributed by atoms with Gasteiger partial charge in [0.15, 0.2) is 28.9 Å². The van der Waals surface area contributed by atoms with Crippen LogP contribution in [0, 0.1) is 12.8 Å². The van der Waals surface area contributed by atoms with Crippen LogP contribution in [0.1, 0.15) is 24.7 Å². The van der Waals surface area contributed by atoms with Crippen molar-refractivity contribution in [2.24, 2.45) is 5.92 Å². The van der Waals surface area contributed by atoms with E-state index in [0.29, 0.717) is 11.2 Å². The molecule has 0 aliphatic carbocycles. The number of H-pyrrole nitrogens is 1. The molecule has 0 radical (unpaired) electrons. The molecule has 8 atom stereocenters. The number of nitrogens with two attached hydrogens (primary N) is 1. The average molecular weight is 671 g/mol. The fraction of sp³-hybridized carbons (Fsp3) is 0.545. The van der Waals surface area contributed by atoms with Crippen LogP contribution >= 0.6 is 7.82 Å². The maximum absolute atomic E-state index is 13.3. The number of fused-ring (bicyclic) bond motifs is 5. The molecule has 0 aromatic carbocycles. The molecule has 242 valence electrons. The molecular weight excluding hydrogens is 643 g/mol. The highest BCUT2D eigenvalue weighted by Gasteiger charge is 2.51. The van der Waals surface area contributed by atoms with E-state index in [9.17, 15) is 27.8 Å². The number of hydrogen-bond acceptors (Lipinski definition) is 16. The Morgan fingerprint density at radius 2 is 1.87 bits per heavy atom. The van der Waals surface area contributed by atoms with Gasteiger partial charge in [-0.05, 0) is 6.92 Å². The Balaban J connectivity index is 1.21. The first-order valence-corrected chi connectivity index (χ1v) is 16.4. The first-order chi connectivity index (χ1) is 21.4. The SMILES string of the molecule is Cc1nc2c(ncn2C2OC3COS(=O)(=O)NC4CC(n5cnc6c(N)ncnc65)OC4COP(=O)(O)OC2C3CO)c(=O)[nH]1. The van der Waals surface area contributed by atoms with Crippen LogP contribution in [0.4, 0.5) is 5.82 Å². The second-order valence-corrected chi connectivity index (χ2v) is 13.4. The Morgan fingerprint density at radius 1 is 1.09 bits per heavy atom. The van der Waals surface area contributed by atoms with E-state index in [4.69, 9.17) is 28.4 Å². The summed E-state index contributed by atoms with van der Waals surface area (Å²) in [7, 11) is -9.43. The van der Waals surface area contributed by atoms with Crippen molar-refractivity contribution in [2.75, 3.05) is 25.6 Å². The van der Waals surface area contributed by atoms with Crippen LogP contribution in [0.2, 0.25) is 0 Å².